The van der Waals surface area contributed by atoms with Crippen LogP contribution in [-0.2, 0) is 11.3 Å². The quantitative estimate of drug-likeness (QED) is 0.905. The van der Waals surface area contributed by atoms with Crippen LogP contribution in [0.15, 0.2) is 36.4 Å². The van der Waals surface area contributed by atoms with Crippen molar-refractivity contribution in [1.82, 2.24) is 10.6 Å². The first kappa shape index (κ1) is 13.9. The van der Waals surface area contributed by atoms with Crippen molar-refractivity contribution in [2.45, 2.75) is 25.4 Å². The van der Waals surface area contributed by atoms with E-state index in [0.29, 0.717) is 6.54 Å². The normalized spacial score (nSPS) is 17.9. The van der Waals surface area contributed by atoms with Crippen molar-refractivity contribution in [3.8, 4) is 5.75 Å². The Morgan fingerprint density at radius 3 is 2.86 bits per heavy atom. The first-order valence-electron chi connectivity index (χ1n) is 7.34. The Morgan fingerprint density at radius 1 is 1.29 bits per heavy atom. The van der Waals surface area contributed by atoms with Crippen molar-refractivity contribution >= 4 is 16.7 Å². The van der Waals surface area contributed by atoms with Crippen molar-refractivity contribution in [2.24, 2.45) is 0 Å². The molecule has 1 amide bonds. The molecule has 21 heavy (non-hydrogen) atoms. The van der Waals surface area contributed by atoms with Crippen LogP contribution in [0, 0.1) is 0 Å². The number of methoxy groups -OCH3 is 1. The molecule has 1 unspecified atom stereocenters. The molecule has 3 rings (SSSR count). The first-order chi connectivity index (χ1) is 10.3. The Labute approximate surface area is 124 Å². The summed E-state index contributed by atoms with van der Waals surface area (Å²) < 4.78 is 5.22. The van der Waals surface area contributed by atoms with Crippen LogP contribution in [0.2, 0.25) is 0 Å². The van der Waals surface area contributed by atoms with Gasteiger partial charge in [0, 0.05) is 6.54 Å². The number of nitrogens with one attached hydrogen (secondary N) is 2. The average molecular weight is 284 g/mol. The Kier molecular flexibility index (Phi) is 4.06. The van der Waals surface area contributed by atoms with Gasteiger partial charge in [0.1, 0.15) is 5.75 Å². The van der Waals surface area contributed by atoms with Crippen LogP contribution >= 0.6 is 0 Å². The summed E-state index contributed by atoms with van der Waals surface area (Å²) >= 11 is 0. The molecule has 1 heterocycles. The molecule has 0 bridgehead atoms. The maximum Gasteiger partial charge on any atom is 0.237 e. The Hall–Kier alpha value is -2.07. The molecule has 2 aromatic carbocycles. The summed E-state index contributed by atoms with van der Waals surface area (Å²) in [6.45, 7) is 1.51. The topological polar surface area (TPSA) is 50.4 Å². The van der Waals surface area contributed by atoms with E-state index in [-0.39, 0.29) is 11.9 Å². The second kappa shape index (κ2) is 6.14. The van der Waals surface area contributed by atoms with Crippen LogP contribution in [0.5, 0.6) is 5.75 Å². The number of amides is 1. The highest BCUT2D eigenvalue weighted by molar-refractivity contribution is 5.85. The molecule has 0 aliphatic carbocycles. The molecule has 1 aliphatic heterocycles. The van der Waals surface area contributed by atoms with Crippen molar-refractivity contribution in [2.75, 3.05) is 13.7 Å². The first-order valence-corrected chi connectivity index (χ1v) is 7.34. The highest BCUT2D eigenvalue weighted by Gasteiger charge is 2.21. The molecular formula is C17H20N2O2. The molecule has 0 aromatic heterocycles. The van der Waals surface area contributed by atoms with E-state index in [9.17, 15) is 4.79 Å². The fourth-order valence-electron chi connectivity index (χ4n) is 2.73. The lowest BCUT2D eigenvalue weighted by molar-refractivity contribution is -0.122. The zero-order chi connectivity index (χ0) is 14.7. The summed E-state index contributed by atoms with van der Waals surface area (Å²) in [7, 11) is 1.67. The van der Waals surface area contributed by atoms with Gasteiger partial charge in [-0.15, -0.1) is 0 Å². The van der Waals surface area contributed by atoms with E-state index < -0.39 is 0 Å². The fraction of sp³-hybridized carbons (Fsp3) is 0.353. The van der Waals surface area contributed by atoms with Gasteiger partial charge in [-0.3, -0.25) is 4.79 Å². The van der Waals surface area contributed by atoms with Gasteiger partial charge in [0.15, 0.2) is 0 Å². The molecule has 1 aliphatic rings. The summed E-state index contributed by atoms with van der Waals surface area (Å²) in [5, 5.41) is 8.51. The predicted octanol–water partition coefficient (Wildman–Crippen LogP) is 2.22. The third-order valence-electron chi connectivity index (χ3n) is 3.96. The van der Waals surface area contributed by atoms with Crippen LogP contribution in [0.1, 0.15) is 18.4 Å². The van der Waals surface area contributed by atoms with Gasteiger partial charge in [-0.1, -0.05) is 18.2 Å². The maximum atomic E-state index is 12.0. The number of benzene rings is 2. The molecule has 0 radical (unpaired) electrons. The number of ether oxygens (including phenoxy) is 1. The van der Waals surface area contributed by atoms with Crippen molar-refractivity contribution in [3.05, 3.63) is 42.0 Å². The van der Waals surface area contributed by atoms with Gasteiger partial charge in [-0.05, 0) is 53.9 Å². The number of hydrogen-bond acceptors (Lipinski definition) is 3. The molecule has 0 saturated carbocycles. The lowest BCUT2D eigenvalue weighted by Crippen LogP contribution is -2.39. The van der Waals surface area contributed by atoms with Crippen LogP contribution in [0.4, 0.5) is 0 Å². The molecule has 1 atom stereocenters. The van der Waals surface area contributed by atoms with E-state index in [0.717, 1.165) is 41.5 Å². The lowest BCUT2D eigenvalue weighted by atomic mass is 10.1. The van der Waals surface area contributed by atoms with Gasteiger partial charge < -0.3 is 15.4 Å². The summed E-state index contributed by atoms with van der Waals surface area (Å²) in [4.78, 5) is 12.0. The Morgan fingerprint density at radius 2 is 2.10 bits per heavy atom. The predicted molar refractivity (Wildman–Crippen MR) is 83.4 cm³/mol. The number of carbonyl (C=O) groups excluding carboxylic acids is 1. The van der Waals surface area contributed by atoms with E-state index in [1.54, 1.807) is 7.11 Å². The van der Waals surface area contributed by atoms with Gasteiger partial charge in [0.25, 0.3) is 0 Å². The molecule has 1 saturated heterocycles. The minimum atomic E-state index is -0.0188. The van der Waals surface area contributed by atoms with Crippen LogP contribution < -0.4 is 15.4 Å². The zero-order valence-electron chi connectivity index (χ0n) is 12.2. The number of carbonyl (C=O) groups is 1. The standard InChI is InChI=1S/C17H20N2O2/c1-21-15-7-6-13-9-12(4-5-14(13)10-15)11-19-17(20)16-3-2-8-18-16/h4-7,9-10,16,18H,2-3,8,11H2,1H3,(H,19,20). The number of hydrogen-bond donors (Lipinski definition) is 2. The van der Waals surface area contributed by atoms with Crippen LogP contribution in [0.3, 0.4) is 0 Å². The minimum absolute atomic E-state index is 0.0188. The van der Waals surface area contributed by atoms with Gasteiger partial charge in [0.05, 0.1) is 13.2 Å². The summed E-state index contributed by atoms with van der Waals surface area (Å²) in [5.41, 5.74) is 1.11. The van der Waals surface area contributed by atoms with Crippen molar-refractivity contribution in [3.63, 3.8) is 0 Å². The van der Waals surface area contributed by atoms with E-state index >= 15 is 0 Å². The molecule has 1 fully saturated rings. The Bertz CT molecular complexity index is 648. The van der Waals surface area contributed by atoms with Gasteiger partial charge >= 0.3 is 0 Å². The van der Waals surface area contributed by atoms with E-state index in [1.165, 1.54) is 0 Å². The molecule has 4 heteroatoms. The summed E-state index contributed by atoms with van der Waals surface area (Å²) in [6, 6.07) is 12.2. The van der Waals surface area contributed by atoms with E-state index in [1.807, 2.05) is 24.3 Å². The molecular weight excluding hydrogens is 264 g/mol. The SMILES string of the molecule is COc1ccc2cc(CNC(=O)C3CCCN3)ccc2c1. The van der Waals surface area contributed by atoms with Gasteiger partial charge in [-0.25, -0.2) is 0 Å². The second-order valence-corrected chi connectivity index (χ2v) is 5.41. The summed E-state index contributed by atoms with van der Waals surface area (Å²) in [5.74, 6) is 0.957. The minimum Gasteiger partial charge on any atom is -0.497 e. The van der Waals surface area contributed by atoms with E-state index in [4.69, 9.17) is 4.74 Å². The fourth-order valence-corrected chi connectivity index (χ4v) is 2.73. The van der Waals surface area contributed by atoms with Crippen molar-refractivity contribution < 1.29 is 9.53 Å². The highest BCUT2D eigenvalue weighted by Crippen LogP contribution is 2.21. The second-order valence-electron chi connectivity index (χ2n) is 5.41. The smallest absolute Gasteiger partial charge is 0.237 e. The zero-order valence-corrected chi connectivity index (χ0v) is 12.2. The van der Waals surface area contributed by atoms with Gasteiger partial charge in [-0.2, -0.15) is 0 Å². The largest absolute Gasteiger partial charge is 0.497 e. The number of rotatable bonds is 4. The third kappa shape index (κ3) is 3.16. The maximum absolute atomic E-state index is 12.0. The number of fused-ring (bicyclic) bond motifs is 1. The molecule has 110 valence electrons. The molecule has 2 aromatic rings. The molecule has 4 nitrogen and oxygen atoms in total. The molecule has 2 N–H and O–H groups in total. The average Bonchev–Trinajstić information content (AvgIpc) is 3.06. The lowest BCUT2D eigenvalue weighted by Gasteiger charge is -2.11. The van der Waals surface area contributed by atoms with E-state index in [2.05, 4.69) is 22.8 Å². The monoisotopic (exact) mass is 284 g/mol. The third-order valence-corrected chi connectivity index (χ3v) is 3.96. The van der Waals surface area contributed by atoms with Crippen LogP contribution in [-0.4, -0.2) is 25.6 Å². The summed E-state index contributed by atoms with van der Waals surface area (Å²) in [6.07, 6.45) is 2.01. The van der Waals surface area contributed by atoms with Gasteiger partial charge in [0.2, 0.25) is 5.91 Å². The van der Waals surface area contributed by atoms with Crippen LogP contribution in [0.25, 0.3) is 10.8 Å². The van der Waals surface area contributed by atoms with Crippen molar-refractivity contribution in [1.29, 1.82) is 0 Å². The highest BCUT2D eigenvalue weighted by atomic mass is 16.5. The Balaban J connectivity index is 1.68. The molecule has 0 spiro atoms.